The second-order valence-corrected chi connectivity index (χ2v) is 6.27. The Kier molecular flexibility index (Phi) is 2.62. The third-order valence-electron chi connectivity index (χ3n) is 4.63. The van der Waals surface area contributed by atoms with E-state index < -0.39 is 0 Å². The van der Waals surface area contributed by atoms with Crippen molar-refractivity contribution in [2.24, 2.45) is 7.05 Å². The summed E-state index contributed by atoms with van der Waals surface area (Å²) in [4.78, 5) is 2.41. The van der Waals surface area contributed by atoms with E-state index in [9.17, 15) is 0 Å². The van der Waals surface area contributed by atoms with E-state index in [-0.39, 0.29) is 0 Å². The molecule has 3 nitrogen and oxygen atoms in total. The zero-order chi connectivity index (χ0) is 13.7. The number of hydrogen-bond donors (Lipinski definition) is 0. The van der Waals surface area contributed by atoms with Gasteiger partial charge in [0.2, 0.25) is 0 Å². The van der Waals surface area contributed by atoms with E-state index >= 15 is 0 Å². The van der Waals surface area contributed by atoms with Crippen molar-refractivity contribution in [1.29, 1.82) is 0 Å². The minimum absolute atomic E-state index is 0.769. The Morgan fingerprint density at radius 3 is 2.75 bits per heavy atom. The van der Waals surface area contributed by atoms with Crippen LogP contribution in [0, 0.1) is 0 Å². The van der Waals surface area contributed by atoms with E-state index in [0.717, 1.165) is 5.92 Å². The molecular formula is C17H21N3. The normalized spacial score (nSPS) is 18.2. The lowest BCUT2D eigenvalue weighted by atomic mass is 9.91. The van der Waals surface area contributed by atoms with Gasteiger partial charge in [-0.15, -0.1) is 0 Å². The van der Waals surface area contributed by atoms with Crippen LogP contribution in [0.25, 0.3) is 11.1 Å². The maximum absolute atomic E-state index is 4.35. The zero-order valence-corrected chi connectivity index (χ0v) is 12.3. The molecule has 2 aliphatic rings. The van der Waals surface area contributed by atoms with Gasteiger partial charge >= 0.3 is 0 Å². The quantitative estimate of drug-likeness (QED) is 0.832. The Balaban J connectivity index is 1.88. The molecule has 1 aliphatic carbocycles. The molecule has 0 atom stereocenters. The van der Waals surface area contributed by atoms with E-state index in [1.807, 2.05) is 17.9 Å². The lowest BCUT2D eigenvalue weighted by Gasteiger charge is -2.29. The first-order chi connectivity index (χ1) is 9.72. The Morgan fingerprint density at radius 2 is 2.05 bits per heavy atom. The summed E-state index contributed by atoms with van der Waals surface area (Å²) in [6.07, 6.45) is 9.29. The fraction of sp³-hybridized carbons (Fsp3) is 0.471. The second kappa shape index (κ2) is 4.37. The van der Waals surface area contributed by atoms with Gasteiger partial charge in [-0.1, -0.05) is 0 Å². The molecular weight excluding hydrogens is 246 g/mol. The third-order valence-corrected chi connectivity index (χ3v) is 4.63. The summed E-state index contributed by atoms with van der Waals surface area (Å²) in [5.74, 6) is 0.769. The van der Waals surface area contributed by atoms with E-state index in [1.54, 1.807) is 0 Å². The van der Waals surface area contributed by atoms with Gasteiger partial charge in [0.05, 0.1) is 6.20 Å². The largest absolute Gasteiger partial charge is 0.374 e. The maximum Gasteiger partial charge on any atom is 0.0568 e. The van der Waals surface area contributed by atoms with Crippen molar-refractivity contribution in [2.45, 2.75) is 31.6 Å². The minimum atomic E-state index is 0.769. The van der Waals surface area contributed by atoms with Gasteiger partial charge in [-0.25, -0.2) is 0 Å². The van der Waals surface area contributed by atoms with Crippen LogP contribution in [0.15, 0.2) is 24.5 Å². The van der Waals surface area contributed by atoms with Crippen molar-refractivity contribution in [2.75, 3.05) is 18.5 Å². The van der Waals surface area contributed by atoms with Crippen molar-refractivity contribution < 1.29 is 0 Å². The molecule has 1 aromatic carbocycles. The number of rotatable bonds is 2. The molecule has 104 valence electrons. The molecule has 1 aromatic heterocycles. The van der Waals surface area contributed by atoms with Gasteiger partial charge in [0.25, 0.3) is 0 Å². The summed E-state index contributed by atoms with van der Waals surface area (Å²) in [5.41, 5.74) is 7.17. The molecule has 0 radical (unpaired) electrons. The molecule has 0 spiro atoms. The number of anilines is 1. The van der Waals surface area contributed by atoms with Crippen LogP contribution in [-0.2, 0) is 13.5 Å². The highest BCUT2D eigenvalue weighted by Gasteiger charge is 2.29. The first kappa shape index (κ1) is 12.0. The van der Waals surface area contributed by atoms with Crippen molar-refractivity contribution in [3.63, 3.8) is 0 Å². The third kappa shape index (κ3) is 1.92. The fourth-order valence-corrected chi connectivity index (χ4v) is 3.37. The van der Waals surface area contributed by atoms with E-state index in [0.29, 0.717) is 0 Å². The van der Waals surface area contributed by atoms with Gasteiger partial charge in [0.15, 0.2) is 0 Å². The summed E-state index contributed by atoms with van der Waals surface area (Å²) >= 11 is 0. The summed E-state index contributed by atoms with van der Waals surface area (Å²) in [7, 11) is 4.21. The van der Waals surface area contributed by atoms with Crippen molar-refractivity contribution >= 4 is 5.69 Å². The van der Waals surface area contributed by atoms with E-state index in [2.05, 4.69) is 35.4 Å². The van der Waals surface area contributed by atoms with Crippen LogP contribution in [-0.4, -0.2) is 23.4 Å². The predicted molar refractivity (Wildman–Crippen MR) is 82.2 cm³/mol. The number of fused-ring (bicyclic) bond motifs is 1. The molecule has 2 heterocycles. The molecule has 3 heteroatoms. The fourth-order valence-electron chi connectivity index (χ4n) is 3.37. The van der Waals surface area contributed by atoms with Crippen molar-refractivity contribution in [1.82, 2.24) is 9.78 Å². The molecule has 1 aliphatic heterocycles. The average molecular weight is 267 g/mol. The van der Waals surface area contributed by atoms with Crippen molar-refractivity contribution in [3.05, 3.63) is 35.7 Å². The van der Waals surface area contributed by atoms with Crippen LogP contribution < -0.4 is 4.90 Å². The highest BCUT2D eigenvalue weighted by Crippen LogP contribution is 2.47. The molecule has 20 heavy (non-hydrogen) atoms. The highest BCUT2D eigenvalue weighted by atomic mass is 15.2. The van der Waals surface area contributed by atoms with Crippen LogP contribution in [0.2, 0.25) is 0 Å². The number of aryl methyl sites for hydroxylation is 2. The standard InChI is InChI=1S/C17H21N3/c1-19-7-3-4-13-8-15(14-10-18-20(2)11-14)16(9-17(13)19)12-5-6-12/h8-12H,3-7H2,1-2H3. The SMILES string of the molecule is CN1CCCc2cc(-c3cnn(C)c3)c(C3CC3)cc21. The number of aromatic nitrogens is 2. The molecule has 2 aromatic rings. The van der Waals surface area contributed by atoms with Gasteiger partial charge in [-0.2, -0.15) is 5.10 Å². The van der Waals surface area contributed by atoms with Crippen LogP contribution >= 0.6 is 0 Å². The monoisotopic (exact) mass is 267 g/mol. The first-order valence-corrected chi connectivity index (χ1v) is 7.59. The lowest BCUT2D eigenvalue weighted by molar-refractivity contribution is 0.743. The maximum atomic E-state index is 4.35. The smallest absolute Gasteiger partial charge is 0.0568 e. The van der Waals surface area contributed by atoms with Crippen LogP contribution in [0.5, 0.6) is 0 Å². The average Bonchev–Trinajstić information content (AvgIpc) is 3.20. The highest BCUT2D eigenvalue weighted by molar-refractivity contribution is 5.74. The molecule has 0 bridgehead atoms. The Morgan fingerprint density at radius 1 is 1.20 bits per heavy atom. The van der Waals surface area contributed by atoms with Crippen LogP contribution in [0.1, 0.15) is 36.3 Å². The molecule has 1 fully saturated rings. The van der Waals surface area contributed by atoms with Crippen LogP contribution in [0.4, 0.5) is 5.69 Å². The van der Waals surface area contributed by atoms with Gasteiger partial charge in [-0.05, 0) is 60.4 Å². The molecule has 1 saturated carbocycles. The predicted octanol–water partition coefficient (Wildman–Crippen LogP) is 3.35. The summed E-state index contributed by atoms with van der Waals surface area (Å²) in [5, 5.41) is 4.35. The van der Waals surface area contributed by atoms with E-state index in [1.165, 1.54) is 60.2 Å². The molecule has 0 N–H and O–H groups in total. The van der Waals surface area contributed by atoms with Gasteiger partial charge < -0.3 is 4.90 Å². The minimum Gasteiger partial charge on any atom is -0.374 e. The number of nitrogens with zero attached hydrogens (tertiary/aromatic N) is 3. The summed E-state index contributed by atoms with van der Waals surface area (Å²) < 4.78 is 1.90. The number of hydrogen-bond acceptors (Lipinski definition) is 2. The number of benzene rings is 1. The Hall–Kier alpha value is -1.77. The topological polar surface area (TPSA) is 21.1 Å². The Bertz CT molecular complexity index is 652. The lowest BCUT2D eigenvalue weighted by Crippen LogP contribution is -2.24. The molecule has 4 rings (SSSR count). The zero-order valence-electron chi connectivity index (χ0n) is 12.3. The van der Waals surface area contributed by atoms with E-state index in [4.69, 9.17) is 0 Å². The second-order valence-electron chi connectivity index (χ2n) is 6.27. The van der Waals surface area contributed by atoms with Crippen molar-refractivity contribution in [3.8, 4) is 11.1 Å². The molecule has 0 saturated heterocycles. The first-order valence-electron chi connectivity index (χ1n) is 7.59. The van der Waals surface area contributed by atoms with Gasteiger partial charge in [-0.3, -0.25) is 4.68 Å². The summed E-state index contributed by atoms with van der Waals surface area (Å²) in [6.45, 7) is 1.18. The van der Waals surface area contributed by atoms with Gasteiger partial charge in [0, 0.05) is 38.1 Å². The van der Waals surface area contributed by atoms with Gasteiger partial charge in [0.1, 0.15) is 0 Å². The Labute approximate surface area is 120 Å². The molecule has 0 unspecified atom stereocenters. The molecule has 0 amide bonds. The summed E-state index contributed by atoms with van der Waals surface area (Å²) in [6, 6.07) is 4.88. The van der Waals surface area contributed by atoms with Crippen LogP contribution in [0.3, 0.4) is 0 Å².